The van der Waals surface area contributed by atoms with Gasteiger partial charge in [0.25, 0.3) is 11.5 Å². The average Bonchev–Trinajstić information content (AvgIpc) is 3.11. The first kappa shape index (κ1) is 30.2. The third kappa shape index (κ3) is 6.61. The van der Waals surface area contributed by atoms with Crippen LogP contribution in [0.3, 0.4) is 0 Å². The number of carboxylic acids is 1. The van der Waals surface area contributed by atoms with E-state index >= 15 is 4.39 Å². The number of aliphatic carboxylic acids is 1. The highest BCUT2D eigenvalue weighted by Crippen LogP contribution is 2.32. The van der Waals surface area contributed by atoms with Crippen molar-refractivity contribution in [3.8, 4) is 11.1 Å². The standard InChI is InChI=1S/C28H33F2N5O5/c1-14(2)10-22(32-26(38)18-8-7-9-34(5)28(18)40)27(39)31-21(13-23(36)37)19-11-17(12-20(29)25(19)30)24-15(3)33-35(6)16(24)4/h7-9,11-12,14,21-22H,10,13H2,1-6H3,(H,31,39)(H,32,38)(H,36,37)/t21-,22-/m0/s1. The number of rotatable bonds is 10. The van der Waals surface area contributed by atoms with E-state index < -0.39 is 53.5 Å². The van der Waals surface area contributed by atoms with Crippen LogP contribution < -0.4 is 16.2 Å². The molecular formula is C28H33F2N5O5. The largest absolute Gasteiger partial charge is 0.481 e. The molecule has 40 heavy (non-hydrogen) atoms. The number of nitrogens with zero attached hydrogens (tertiary/aromatic N) is 3. The molecule has 0 spiro atoms. The van der Waals surface area contributed by atoms with Crippen LogP contribution in [-0.4, -0.2) is 43.3 Å². The molecule has 2 heterocycles. The van der Waals surface area contributed by atoms with Gasteiger partial charge in [-0.2, -0.15) is 5.10 Å². The van der Waals surface area contributed by atoms with Crippen LogP contribution in [0, 0.1) is 31.4 Å². The summed E-state index contributed by atoms with van der Waals surface area (Å²) in [5.41, 5.74) is 0.952. The second-order valence-electron chi connectivity index (χ2n) is 10.2. The Labute approximate surface area is 230 Å². The quantitative estimate of drug-likeness (QED) is 0.351. The molecule has 214 valence electrons. The minimum atomic E-state index is -1.46. The number of aromatic nitrogens is 3. The molecular weight excluding hydrogens is 524 g/mol. The molecule has 10 nitrogen and oxygen atoms in total. The van der Waals surface area contributed by atoms with Crippen molar-refractivity contribution in [3.63, 3.8) is 0 Å². The van der Waals surface area contributed by atoms with Crippen LogP contribution in [-0.2, 0) is 23.7 Å². The molecule has 0 aliphatic heterocycles. The average molecular weight is 558 g/mol. The van der Waals surface area contributed by atoms with Crippen LogP contribution in [0.4, 0.5) is 8.78 Å². The number of hydrogen-bond acceptors (Lipinski definition) is 5. The highest BCUT2D eigenvalue weighted by atomic mass is 19.2. The molecule has 0 aliphatic rings. The summed E-state index contributed by atoms with van der Waals surface area (Å²) in [5.74, 6) is -5.57. The number of amides is 2. The molecule has 0 fully saturated rings. The molecule has 3 rings (SSSR count). The molecule has 2 atom stereocenters. The second-order valence-corrected chi connectivity index (χ2v) is 10.2. The highest BCUT2D eigenvalue weighted by Gasteiger charge is 2.30. The lowest BCUT2D eigenvalue weighted by atomic mass is 9.95. The number of carbonyl (C=O) groups excluding carboxylic acids is 2. The molecule has 0 radical (unpaired) electrons. The number of benzene rings is 1. The predicted octanol–water partition coefficient (Wildman–Crippen LogP) is 3.16. The van der Waals surface area contributed by atoms with Gasteiger partial charge in [-0.15, -0.1) is 0 Å². The van der Waals surface area contributed by atoms with Crippen molar-refractivity contribution in [2.75, 3.05) is 0 Å². The first-order valence-corrected chi connectivity index (χ1v) is 12.7. The SMILES string of the molecule is Cc1nn(C)c(C)c1-c1cc(F)c(F)c([C@H](CC(=O)O)NC(=O)[C@H](CC(C)C)NC(=O)c2cccn(C)c2=O)c1. The summed E-state index contributed by atoms with van der Waals surface area (Å²) >= 11 is 0. The Morgan fingerprint density at radius 1 is 1.10 bits per heavy atom. The van der Waals surface area contributed by atoms with Crippen LogP contribution in [0.15, 0.2) is 35.3 Å². The van der Waals surface area contributed by atoms with E-state index in [1.807, 2.05) is 0 Å². The number of carbonyl (C=O) groups is 3. The minimum absolute atomic E-state index is 0.0957. The maximum Gasteiger partial charge on any atom is 0.305 e. The van der Waals surface area contributed by atoms with Crippen LogP contribution >= 0.6 is 0 Å². The first-order chi connectivity index (χ1) is 18.7. The summed E-state index contributed by atoms with van der Waals surface area (Å²) in [6, 6.07) is 2.47. The molecule has 2 aromatic heterocycles. The lowest BCUT2D eigenvalue weighted by Crippen LogP contribution is -2.49. The van der Waals surface area contributed by atoms with Crippen molar-refractivity contribution in [2.24, 2.45) is 20.0 Å². The number of nitrogens with one attached hydrogen (secondary N) is 2. The van der Waals surface area contributed by atoms with Crippen LogP contribution in [0.2, 0.25) is 0 Å². The van der Waals surface area contributed by atoms with E-state index in [1.165, 1.54) is 36.0 Å². The summed E-state index contributed by atoms with van der Waals surface area (Å²) in [6.07, 6.45) is 0.859. The van der Waals surface area contributed by atoms with Crippen molar-refractivity contribution in [2.45, 2.75) is 52.6 Å². The van der Waals surface area contributed by atoms with Gasteiger partial charge in [0.2, 0.25) is 5.91 Å². The first-order valence-electron chi connectivity index (χ1n) is 12.7. The summed E-state index contributed by atoms with van der Waals surface area (Å²) < 4.78 is 32.8. The Kier molecular flexibility index (Phi) is 9.23. The normalized spacial score (nSPS) is 12.7. The lowest BCUT2D eigenvalue weighted by Gasteiger charge is -2.25. The summed E-state index contributed by atoms with van der Waals surface area (Å²) in [6.45, 7) is 7.07. The van der Waals surface area contributed by atoms with Crippen molar-refractivity contribution in [3.05, 3.63) is 75.0 Å². The van der Waals surface area contributed by atoms with Gasteiger partial charge < -0.3 is 20.3 Å². The molecule has 3 aromatic rings. The number of pyridine rings is 1. The van der Waals surface area contributed by atoms with E-state index in [1.54, 1.807) is 39.4 Å². The molecule has 1 aromatic carbocycles. The van der Waals surface area contributed by atoms with Gasteiger partial charge in [0.05, 0.1) is 18.2 Å². The lowest BCUT2D eigenvalue weighted by molar-refractivity contribution is -0.137. The number of hydrogen-bond donors (Lipinski definition) is 3. The molecule has 12 heteroatoms. The van der Waals surface area contributed by atoms with Gasteiger partial charge in [0.15, 0.2) is 11.6 Å². The molecule has 3 N–H and O–H groups in total. The van der Waals surface area contributed by atoms with Gasteiger partial charge in [0, 0.05) is 37.1 Å². The van der Waals surface area contributed by atoms with Gasteiger partial charge in [-0.25, -0.2) is 8.78 Å². The third-order valence-corrected chi connectivity index (χ3v) is 6.62. The highest BCUT2D eigenvalue weighted by molar-refractivity contribution is 5.97. The van der Waals surface area contributed by atoms with Crippen molar-refractivity contribution in [1.29, 1.82) is 0 Å². The Morgan fingerprint density at radius 2 is 1.77 bits per heavy atom. The second kappa shape index (κ2) is 12.2. The monoisotopic (exact) mass is 557 g/mol. The summed E-state index contributed by atoms with van der Waals surface area (Å²) in [7, 11) is 3.18. The van der Waals surface area contributed by atoms with E-state index in [2.05, 4.69) is 15.7 Å². The third-order valence-electron chi connectivity index (χ3n) is 6.62. The predicted molar refractivity (Wildman–Crippen MR) is 144 cm³/mol. The van der Waals surface area contributed by atoms with Crippen molar-refractivity contribution < 1.29 is 28.3 Å². The fourth-order valence-corrected chi connectivity index (χ4v) is 4.59. The molecule has 0 saturated carbocycles. The molecule has 0 saturated heterocycles. The summed E-state index contributed by atoms with van der Waals surface area (Å²) in [5, 5.41) is 18.9. The zero-order chi connectivity index (χ0) is 29.9. The number of halogens is 2. The maximum atomic E-state index is 15.1. The van der Waals surface area contributed by atoms with E-state index in [9.17, 15) is 28.7 Å². The molecule has 0 bridgehead atoms. The van der Waals surface area contributed by atoms with Gasteiger partial charge >= 0.3 is 5.97 Å². The number of aryl methyl sites for hydroxylation is 3. The topological polar surface area (TPSA) is 135 Å². The van der Waals surface area contributed by atoms with E-state index in [4.69, 9.17) is 0 Å². The smallest absolute Gasteiger partial charge is 0.305 e. The Morgan fingerprint density at radius 3 is 2.35 bits per heavy atom. The maximum absolute atomic E-state index is 15.1. The van der Waals surface area contributed by atoms with Gasteiger partial charge in [-0.05, 0) is 56.0 Å². The van der Waals surface area contributed by atoms with Crippen LogP contribution in [0.1, 0.15) is 60.0 Å². The Bertz CT molecular complexity index is 1510. The fraction of sp³-hybridized carbons (Fsp3) is 0.393. The van der Waals surface area contributed by atoms with Gasteiger partial charge in [0.1, 0.15) is 11.6 Å². The Hall–Kier alpha value is -4.35. The van der Waals surface area contributed by atoms with E-state index in [-0.39, 0.29) is 29.0 Å². The van der Waals surface area contributed by atoms with Crippen molar-refractivity contribution in [1.82, 2.24) is 25.0 Å². The summed E-state index contributed by atoms with van der Waals surface area (Å²) in [4.78, 5) is 50.4. The molecule has 0 unspecified atom stereocenters. The van der Waals surface area contributed by atoms with Gasteiger partial charge in [-0.1, -0.05) is 13.8 Å². The van der Waals surface area contributed by atoms with E-state index in [0.717, 1.165) is 6.07 Å². The zero-order valence-electron chi connectivity index (χ0n) is 23.2. The van der Waals surface area contributed by atoms with E-state index in [0.29, 0.717) is 17.0 Å². The minimum Gasteiger partial charge on any atom is -0.481 e. The Balaban J connectivity index is 2.00. The van der Waals surface area contributed by atoms with Gasteiger partial charge in [-0.3, -0.25) is 23.9 Å². The van der Waals surface area contributed by atoms with Crippen LogP contribution in [0.25, 0.3) is 11.1 Å². The van der Waals surface area contributed by atoms with Crippen molar-refractivity contribution >= 4 is 17.8 Å². The van der Waals surface area contributed by atoms with Crippen LogP contribution in [0.5, 0.6) is 0 Å². The zero-order valence-corrected chi connectivity index (χ0v) is 23.2. The molecule has 2 amide bonds. The fourth-order valence-electron chi connectivity index (χ4n) is 4.59. The molecule has 0 aliphatic carbocycles. The number of carboxylic acid groups (broad SMARTS) is 1.